The van der Waals surface area contributed by atoms with Crippen LogP contribution in [0.2, 0.25) is 0 Å². The number of rotatable bonds is 3. The maximum absolute atomic E-state index is 13.6. The first-order valence-corrected chi connectivity index (χ1v) is 6.33. The van der Waals surface area contributed by atoms with E-state index in [0.717, 1.165) is 0 Å². The zero-order valence-corrected chi connectivity index (χ0v) is 12.4. The second-order valence-electron chi connectivity index (χ2n) is 5.70. The summed E-state index contributed by atoms with van der Waals surface area (Å²) in [6, 6.07) is 0. The van der Waals surface area contributed by atoms with Crippen LogP contribution in [0.25, 0.3) is 0 Å². The minimum absolute atomic E-state index is 0.166. The first-order valence-electron chi connectivity index (χ1n) is 6.33. The quantitative estimate of drug-likeness (QED) is 0.634. The van der Waals surface area contributed by atoms with E-state index in [1.165, 1.54) is 13.8 Å². The number of carbonyl (C=O) groups excluding carboxylic acids is 1. The minimum Gasteiger partial charge on any atom is -0.429 e. The second-order valence-corrected chi connectivity index (χ2v) is 5.70. The summed E-state index contributed by atoms with van der Waals surface area (Å²) in [6.45, 7) is 3.38. The molecule has 0 aromatic carbocycles. The van der Waals surface area contributed by atoms with Gasteiger partial charge >= 0.3 is 23.9 Å². The van der Waals surface area contributed by atoms with Crippen molar-refractivity contribution in [1.29, 1.82) is 0 Å². The van der Waals surface area contributed by atoms with Gasteiger partial charge in [0.25, 0.3) is 5.79 Å². The highest BCUT2D eigenvalue weighted by atomic mass is 19.4. The molecule has 0 bridgehead atoms. The number of hydrogen-bond donors (Lipinski definition) is 1. The molecule has 1 fully saturated rings. The van der Waals surface area contributed by atoms with Gasteiger partial charge in [-0.3, -0.25) is 9.53 Å². The van der Waals surface area contributed by atoms with Crippen LogP contribution in [0.5, 0.6) is 0 Å². The predicted octanol–water partition coefficient (Wildman–Crippen LogP) is 2.57. The Labute approximate surface area is 123 Å². The normalized spacial score (nSPS) is 32.6. The van der Waals surface area contributed by atoms with E-state index in [9.17, 15) is 31.9 Å². The lowest BCUT2D eigenvalue weighted by Crippen LogP contribution is -2.76. The van der Waals surface area contributed by atoms with Gasteiger partial charge in [-0.1, -0.05) is 6.92 Å². The summed E-state index contributed by atoms with van der Waals surface area (Å²) in [4.78, 5) is 11.9. The molecule has 1 saturated heterocycles. The molecule has 0 saturated carbocycles. The lowest BCUT2D eigenvalue weighted by molar-refractivity contribution is -0.522. The van der Waals surface area contributed by atoms with Gasteiger partial charge in [-0.05, 0) is 20.3 Å². The Bertz CT molecular complexity index is 450. The molecule has 2 atom stereocenters. The van der Waals surface area contributed by atoms with Crippen LogP contribution < -0.4 is 0 Å². The number of ether oxygens (including phenoxy) is 3. The summed E-state index contributed by atoms with van der Waals surface area (Å²) >= 11 is 0. The highest BCUT2D eigenvalue weighted by Gasteiger charge is 2.83. The number of halogens is 5. The van der Waals surface area contributed by atoms with E-state index in [0.29, 0.717) is 6.92 Å². The van der Waals surface area contributed by atoms with Crippen LogP contribution in [-0.2, 0) is 19.0 Å². The molecule has 10 heteroatoms. The van der Waals surface area contributed by atoms with Crippen molar-refractivity contribution in [2.75, 3.05) is 6.79 Å². The molecule has 1 aliphatic heterocycles. The Morgan fingerprint density at radius 2 is 1.77 bits per heavy atom. The largest absolute Gasteiger partial charge is 0.432 e. The molecule has 0 aliphatic carbocycles. The Balaban J connectivity index is 3.31. The summed E-state index contributed by atoms with van der Waals surface area (Å²) in [7, 11) is 0. The lowest BCUT2D eigenvalue weighted by Gasteiger charge is -2.50. The molecule has 1 rings (SSSR count). The predicted molar refractivity (Wildman–Crippen MR) is 61.6 cm³/mol. The second kappa shape index (κ2) is 5.27. The lowest BCUT2D eigenvalue weighted by atomic mass is 9.88. The van der Waals surface area contributed by atoms with Crippen LogP contribution in [0.3, 0.4) is 0 Å². The standard InChI is InChI=1S/C12H17F5O5/c1-5-8(2,3)7(18)22-9(4)10(19,11(13,14)15)12(16,17)21-6-20-9/h19H,5-6H2,1-4H3. The van der Waals surface area contributed by atoms with Gasteiger partial charge in [0.15, 0.2) is 6.79 Å². The van der Waals surface area contributed by atoms with Crippen LogP contribution in [-0.4, -0.2) is 41.5 Å². The number of alkyl halides is 5. The van der Waals surface area contributed by atoms with Gasteiger partial charge in [-0.2, -0.15) is 22.0 Å². The molecule has 22 heavy (non-hydrogen) atoms. The average Bonchev–Trinajstić information content (AvgIpc) is 2.34. The van der Waals surface area contributed by atoms with E-state index < -0.39 is 41.9 Å². The smallest absolute Gasteiger partial charge is 0.429 e. The summed E-state index contributed by atoms with van der Waals surface area (Å²) in [6.07, 6.45) is -10.8. The third kappa shape index (κ3) is 2.67. The van der Waals surface area contributed by atoms with Gasteiger partial charge < -0.3 is 14.6 Å². The third-order valence-corrected chi connectivity index (χ3v) is 3.79. The van der Waals surface area contributed by atoms with Crippen molar-refractivity contribution in [2.45, 2.75) is 57.8 Å². The van der Waals surface area contributed by atoms with Gasteiger partial charge in [0.05, 0.1) is 5.41 Å². The Kier molecular flexibility index (Phi) is 4.57. The van der Waals surface area contributed by atoms with Gasteiger partial charge in [0, 0.05) is 6.92 Å². The van der Waals surface area contributed by atoms with Crippen molar-refractivity contribution in [3.63, 3.8) is 0 Å². The fourth-order valence-electron chi connectivity index (χ4n) is 1.67. The molecular formula is C12H17F5O5. The maximum Gasteiger partial charge on any atom is 0.432 e. The van der Waals surface area contributed by atoms with Crippen molar-refractivity contribution >= 4 is 5.97 Å². The maximum atomic E-state index is 13.6. The molecular weight excluding hydrogens is 319 g/mol. The molecule has 0 spiro atoms. The number of hydrogen-bond acceptors (Lipinski definition) is 5. The van der Waals surface area contributed by atoms with Crippen molar-refractivity contribution in [3.05, 3.63) is 0 Å². The van der Waals surface area contributed by atoms with E-state index in [2.05, 4.69) is 14.2 Å². The molecule has 1 N–H and O–H groups in total. The summed E-state index contributed by atoms with van der Waals surface area (Å²) in [5.74, 6) is -4.59. The SMILES string of the molecule is CCC(C)(C)C(=O)OC1(C)OCOC(F)(F)C1(O)C(F)(F)F. The first kappa shape index (κ1) is 19.0. The summed E-state index contributed by atoms with van der Waals surface area (Å²) < 4.78 is 79.0. The Morgan fingerprint density at radius 3 is 2.18 bits per heavy atom. The van der Waals surface area contributed by atoms with Crippen molar-refractivity contribution in [1.82, 2.24) is 0 Å². The molecule has 0 radical (unpaired) electrons. The monoisotopic (exact) mass is 336 g/mol. The first-order chi connectivity index (χ1) is 9.65. The number of esters is 1. The van der Waals surface area contributed by atoms with Gasteiger partial charge in [0.1, 0.15) is 0 Å². The van der Waals surface area contributed by atoms with E-state index in [4.69, 9.17) is 0 Å². The third-order valence-electron chi connectivity index (χ3n) is 3.79. The molecule has 5 nitrogen and oxygen atoms in total. The molecule has 1 aliphatic rings. The van der Waals surface area contributed by atoms with Crippen LogP contribution in [0.1, 0.15) is 34.1 Å². The van der Waals surface area contributed by atoms with E-state index in [-0.39, 0.29) is 6.42 Å². The highest BCUT2D eigenvalue weighted by molar-refractivity contribution is 5.76. The fraction of sp³-hybridized carbons (Fsp3) is 0.917. The van der Waals surface area contributed by atoms with Crippen LogP contribution in [0, 0.1) is 5.41 Å². The topological polar surface area (TPSA) is 65.0 Å². The van der Waals surface area contributed by atoms with Crippen LogP contribution in [0.4, 0.5) is 22.0 Å². The summed E-state index contributed by atoms with van der Waals surface area (Å²) in [5.41, 5.74) is -6.11. The zero-order valence-electron chi connectivity index (χ0n) is 12.4. The Hall–Kier alpha value is -1.00. The summed E-state index contributed by atoms with van der Waals surface area (Å²) in [5, 5.41) is 9.64. The molecule has 0 aromatic heterocycles. The van der Waals surface area contributed by atoms with Gasteiger partial charge in [-0.15, -0.1) is 0 Å². The average molecular weight is 336 g/mol. The number of aliphatic hydroxyl groups is 1. The number of carbonyl (C=O) groups is 1. The van der Waals surface area contributed by atoms with Crippen molar-refractivity contribution in [3.8, 4) is 0 Å². The van der Waals surface area contributed by atoms with Gasteiger partial charge in [-0.25, -0.2) is 0 Å². The van der Waals surface area contributed by atoms with Crippen molar-refractivity contribution in [2.24, 2.45) is 5.41 Å². The van der Waals surface area contributed by atoms with E-state index in [1.54, 1.807) is 6.92 Å². The van der Waals surface area contributed by atoms with Crippen LogP contribution in [0.15, 0.2) is 0 Å². The van der Waals surface area contributed by atoms with E-state index in [1.807, 2.05) is 0 Å². The Morgan fingerprint density at radius 1 is 1.27 bits per heavy atom. The van der Waals surface area contributed by atoms with Crippen molar-refractivity contribution < 1.29 is 46.1 Å². The van der Waals surface area contributed by atoms with E-state index >= 15 is 0 Å². The van der Waals surface area contributed by atoms with Gasteiger partial charge in [0.2, 0.25) is 0 Å². The molecule has 130 valence electrons. The fourth-order valence-corrected chi connectivity index (χ4v) is 1.67. The zero-order chi connectivity index (χ0) is 17.6. The molecule has 0 amide bonds. The minimum atomic E-state index is -5.89. The molecule has 1 heterocycles. The molecule has 2 unspecified atom stereocenters. The van der Waals surface area contributed by atoms with Crippen LogP contribution >= 0.6 is 0 Å². The highest BCUT2D eigenvalue weighted by Crippen LogP contribution is 2.53. The molecule has 0 aromatic rings.